The van der Waals surface area contributed by atoms with Gasteiger partial charge in [-0.15, -0.1) is 0 Å². The van der Waals surface area contributed by atoms with E-state index in [1.165, 1.54) is 14.0 Å². The van der Waals surface area contributed by atoms with Crippen LogP contribution in [0.15, 0.2) is 11.8 Å². The fourth-order valence-corrected chi connectivity index (χ4v) is 2.10. The molecule has 5 atom stereocenters. The van der Waals surface area contributed by atoms with Gasteiger partial charge in [0.15, 0.2) is 6.10 Å². The number of aliphatic hydroxyl groups is 3. The number of carbonyl (C=O) groups excluding carboxylic acids is 2. The summed E-state index contributed by atoms with van der Waals surface area (Å²) in [6.07, 6.45) is -4.35. The topological polar surface area (TPSA) is 135 Å². The molecule has 0 saturated heterocycles. The average Bonchev–Trinajstić information content (AvgIpc) is 2.47. The first-order valence-corrected chi connectivity index (χ1v) is 6.58. The van der Waals surface area contributed by atoms with Crippen LogP contribution in [0.25, 0.3) is 0 Å². The predicted molar refractivity (Wildman–Crippen MR) is 72.5 cm³/mol. The van der Waals surface area contributed by atoms with Crippen molar-refractivity contribution in [3.63, 3.8) is 0 Å². The number of nitrogens with one attached hydrogen (secondary N) is 1. The van der Waals surface area contributed by atoms with Gasteiger partial charge in [-0.1, -0.05) is 0 Å². The van der Waals surface area contributed by atoms with Gasteiger partial charge < -0.3 is 34.8 Å². The zero-order valence-corrected chi connectivity index (χ0v) is 12.6. The summed E-state index contributed by atoms with van der Waals surface area (Å²) in [7, 11) is 2.46. The standard InChI is InChI=1S/C13H21NO8/c1-6(15)14-10-7(16)4-9(13(19)21-3)22-12(10)11(18)8(17)5-20-2/h4,7-8,10-12,16-18H,5H2,1-3H3,(H,14,15)/t7-,8+,10+,11-,12+/m0/s1. The maximum absolute atomic E-state index is 11.5. The van der Waals surface area contributed by atoms with Crippen LogP contribution in [0.2, 0.25) is 0 Å². The Kier molecular flexibility index (Phi) is 6.75. The van der Waals surface area contributed by atoms with Crippen molar-refractivity contribution in [1.82, 2.24) is 5.32 Å². The Hall–Kier alpha value is -1.68. The summed E-state index contributed by atoms with van der Waals surface area (Å²) in [5, 5.41) is 32.4. The number of rotatable bonds is 6. The van der Waals surface area contributed by atoms with Gasteiger partial charge in [0.25, 0.3) is 0 Å². The Bertz CT molecular complexity index is 438. The number of aliphatic hydroxyl groups excluding tert-OH is 3. The van der Waals surface area contributed by atoms with Gasteiger partial charge in [0, 0.05) is 14.0 Å². The number of hydrogen-bond donors (Lipinski definition) is 4. The van der Waals surface area contributed by atoms with E-state index >= 15 is 0 Å². The second kappa shape index (κ2) is 8.08. The first-order valence-electron chi connectivity index (χ1n) is 6.58. The Labute approximate surface area is 127 Å². The second-order valence-corrected chi connectivity index (χ2v) is 4.84. The number of ether oxygens (including phenoxy) is 3. The molecule has 0 bridgehead atoms. The van der Waals surface area contributed by atoms with Crippen LogP contribution in [0.1, 0.15) is 6.92 Å². The molecule has 0 radical (unpaired) electrons. The highest BCUT2D eigenvalue weighted by molar-refractivity contribution is 5.86. The van der Waals surface area contributed by atoms with E-state index in [9.17, 15) is 24.9 Å². The first-order chi connectivity index (χ1) is 10.3. The summed E-state index contributed by atoms with van der Waals surface area (Å²) in [5.74, 6) is -1.63. The third-order valence-electron chi connectivity index (χ3n) is 3.13. The molecule has 4 N–H and O–H groups in total. The van der Waals surface area contributed by atoms with Crippen LogP contribution in [0, 0.1) is 0 Å². The first kappa shape index (κ1) is 18.4. The zero-order chi connectivity index (χ0) is 16.9. The molecule has 0 aromatic carbocycles. The molecular weight excluding hydrogens is 298 g/mol. The summed E-state index contributed by atoms with van der Waals surface area (Å²) >= 11 is 0. The highest BCUT2D eigenvalue weighted by atomic mass is 16.6. The molecule has 1 amide bonds. The lowest BCUT2D eigenvalue weighted by Gasteiger charge is -2.38. The van der Waals surface area contributed by atoms with Crippen molar-refractivity contribution in [2.75, 3.05) is 20.8 Å². The highest BCUT2D eigenvalue weighted by Gasteiger charge is 2.43. The molecule has 0 unspecified atom stereocenters. The van der Waals surface area contributed by atoms with Crippen molar-refractivity contribution in [3.05, 3.63) is 11.8 Å². The number of hydrogen-bond acceptors (Lipinski definition) is 8. The minimum absolute atomic E-state index is 0.193. The minimum atomic E-state index is -1.51. The van der Waals surface area contributed by atoms with Crippen LogP contribution < -0.4 is 5.32 Å². The van der Waals surface area contributed by atoms with Crippen LogP contribution >= 0.6 is 0 Å². The fourth-order valence-electron chi connectivity index (χ4n) is 2.10. The predicted octanol–water partition coefficient (Wildman–Crippen LogP) is -2.32. The summed E-state index contributed by atoms with van der Waals surface area (Å²) in [5.41, 5.74) is 0. The summed E-state index contributed by atoms with van der Waals surface area (Å²) < 4.78 is 14.5. The van der Waals surface area contributed by atoms with Crippen molar-refractivity contribution < 1.29 is 39.1 Å². The maximum Gasteiger partial charge on any atom is 0.373 e. The molecule has 126 valence electrons. The Morgan fingerprint density at radius 3 is 2.55 bits per heavy atom. The largest absolute Gasteiger partial charge is 0.478 e. The lowest BCUT2D eigenvalue weighted by atomic mass is 9.94. The molecule has 9 nitrogen and oxygen atoms in total. The van der Waals surface area contributed by atoms with E-state index in [4.69, 9.17) is 9.47 Å². The molecule has 1 heterocycles. The number of carbonyl (C=O) groups is 2. The monoisotopic (exact) mass is 319 g/mol. The zero-order valence-electron chi connectivity index (χ0n) is 12.6. The fraction of sp³-hybridized carbons (Fsp3) is 0.692. The van der Waals surface area contributed by atoms with Crippen LogP contribution in [0.4, 0.5) is 0 Å². The number of methoxy groups -OCH3 is 2. The van der Waals surface area contributed by atoms with Crippen molar-refractivity contribution in [1.29, 1.82) is 0 Å². The molecule has 0 fully saturated rings. The van der Waals surface area contributed by atoms with E-state index in [-0.39, 0.29) is 12.4 Å². The Morgan fingerprint density at radius 2 is 2.05 bits per heavy atom. The van der Waals surface area contributed by atoms with E-state index in [1.54, 1.807) is 0 Å². The Balaban J connectivity index is 3.03. The van der Waals surface area contributed by atoms with Crippen molar-refractivity contribution >= 4 is 11.9 Å². The van der Waals surface area contributed by atoms with Gasteiger partial charge in [-0.05, 0) is 6.08 Å². The maximum atomic E-state index is 11.5. The molecule has 0 spiro atoms. The van der Waals surface area contributed by atoms with Gasteiger partial charge in [0.2, 0.25) is 11.7 Å². The van der Waals surface area contributed by atoms with Crippen LogP contribution in [-0.2, 0) is 23.8 Å². The van der Waals surface area contributed by atoms with Gasteiger partial charge >= 0.3 is 5.97 Å². The normalized spacial score (nSPS) is 27.2. The van der Waals surface area contributed by atoms with Crippen molar-refractivity contribution in [2.45, 2.75) is 37.4 Å². The third kappa shape index (κ3) is 4.41. The van der Waals surface area contributed by atoms with Crippen LogP contribution in [0.3, 0.4) is 0 Å². The molecule has 1 rings (SSSR count). The second-order valence-electron chi connectivity index (χ2n) is 4.84. The van der Waals surface area contributed by atoms with E-state index in [1.807, 2.05) is 0 Å². The lowest BCUT2D eigenvalue weighted by molar-refractivity contribution is -0.152. The van der Waals surface area contributed by atoms with Crippen LogP contribution in [0.5, 0.6) is 0 Å². The minimum Gasteiger partial charge on any atom is -0.478 e. The van der Waals surface area contributed by atoms with Crippen molar-refractivity contribution in [3.8, 4) is 0 Å². The average molecular weight is 319 g/mol. The number of esters is 1. The molecule has 0 aliphatic carbocycles. The molecule has 1 aliphatic rings. The van der Waals surface area contributed by atoms with E-state index in [0.717, 1.165) is 13.2 Å². The van der Waals surface area contributed by atoms with Crippen molar-refractivity contribution in [2.24, 2.45) is 0 Å². The van der Waals surface area contributed by atoms with Crippen LogP contribution in [-0.4, -0.2) is 78.5 Å². The van der Waals surface area contributed by atoms with Gasteiger partial charge in [0.1, 0.15) is 18.3 Å². The highest BCUT2D eigenvalue weighted by Crippen LogP contribution is 2.23. The van der Waals surface area contributed by atoms with Gasteiger partial charge in [-0.25, -0.2) is 4.79 Å². The van der Waals surface area contributed by atoms with E-state index in [2.05, 4.69) is 10.1 Å². The third-order valence-corrected chi connectivity index (χ3v) is 3.13. The Morgan fingerprint density at radius 1 is 1.41 bits per heavy atom. The molecule has 1 aliphatic heterocycles. The lowest BCUT2D eigenvalue weighted by Crippen LogP contribution is -2.59. The van der Waals surface area contributed by atoms with Gasteiger partial charge in [-0.3, -0.25) is 4.79 Å². The quantitative estimate of drug-likeness (QED) is 0.401. The smallest absolute Gasteiger partial charge is 0.373 e. The number of amides is 1. The molecule has 0 saturated carbocycles. The molecular formula is C13H21NO8. The molecule has 22 heavy (non-hydrogen) atoms. The van der Waals surface area contributed by atoms with Gasteiger partial charge in [0.05, 0.1) is 19.8 Å². The summed E-state index contributed by atoms with van der Waals surface area (Å²) in [4.78, 5) is 22.8. The summed E-state index contributed by atoms with van der Waals surface area (Å²) in [6, 6.07) is -1.05. The SMILES string of the molecule is COC[C@@H](O)[C@H](O)[C@@H]1OC(C(=O)OC)=C[C@H](O)[C@H]1NC(C)=O. The van der Waals surface area contributed by atoms with Gasteiger partial charge in [-0.2, -0.15) is 0 Å². The molecule has 0 aromatic rings. The molecule has 9 heteroatoms. The summed E-state index contributed by atoms with van der Waals surface area (Å²) in [6.45, 7) is 1.03. The molecule has 0 aromatic heterocycles. The van der Waals surface area contributed by atoms with E-state index < -0.39 is 42.3 Å². The van der Waals surface area contributed by atoms with E-state index in [0.29, 0.717) is 0 Å².